The lowest BCUT2D eigenvalue weighted by Gasteiger charge is -2.17. The van der Waals surface area contributed by atoms with E-state index in [0.717, 1.165) is 12.0 Å². The molecule has 3 rings (SSSR count). The molecule has 0 saturated heterocycles. The minimum Gasteiger partial charge on any atom is -0.506 e. The summed E-state index contributed by atoms with van der Waals surface area (Å²) in [6.07, 6.45) is 1.96. The van der Waals surface area contributed by atoms with Gasteiger partial charge in [-0.3, -0.25) is 4.79 Å². The molecular weight excluding hydrogens is 505 g/mol. The maximum atomic E-state index is 10.5. The number of aromatic hydroxyl groups is 1. The first kappa shape index (κ1) is 28.9. The summed E-state index contributed by atoms with van der Waals surface area (Å²) in [5, 5.41) is 29.9. The van der Waals surface area contributed by atoms with E-state index >= 15 is 0 Å². The minimum absolute atomic E-state index is 0.0420. The standard InChI is InChI=1S/C19H23ClN2O3.C7H6ClNO2/c1-24-19-11-18(7-4-15(19)12-21)25-9-8-22-17(13-23)10-14-2-5-16(20)6-3-14;8-5-3-4(7(9)11)1-2-6(5)10/h2-7,11-12,17,21-23H,8-10,13H2,1H3;1-3,10H,(H2,9,11). The van der Waals surface area contributed by atoms with Crippen LogP contribution in [0.2, 0.25) is 10.0 Å². The first-order valence-electron chi connectivity index (χ1n) is 11.0. The molecule has 1 unspecified atom stereocenters. The highest BCUT2D eigenvalue weighted by molar-refractivity contribution is 6.32. The number of benzene rings is 3. The predicted molar refractivity (Wildman–Crippen MR) is 142 cm³/mol. The van der Waals surface area contributed by atoms with E-state index in [1.54, 1.807) is 25.3 Å². The molecule has 3 aromatic carbocycles. The Morgan fingerprint density at radius 3 is 2.44 bits per heavy atom. The summed E-state index contributed by atoms with van der Waals surface area (Å²) in [5.41, 5.74) is 7.06. The van der Waals surface area contributed by atoms with Gasteiger partial charge < -0.3 is 36.1 Å². The lowest BCUT2D eigenvalue weighted by molar-refractivity contribution is 0.1000. The molecule has 0 heterocycles. The van der Waals surface area contributed by atoms with E-state index in [0.29, 0.717) is 35.2 Å². The number of rotatable bonds is 11. The van der Waals surface area contributed by atoms with Crippen molar-refractivity contribution in [2.75, 3.05) is 26.9 Å². The topological polar surface area (TPSA) is 138 Å². The molecule has 0 aromatic heterocycles. The van der Waals surface area contributed by atoms with E-state index < -0.39 is 5.91 Å². The van der Waals surface area contributed by atoms with Crippen molar-refractivity contribution in [3.8, 4) is 17.2 Å². The summed E-state index contributed by atoms with van der Waals surface area (Å²) in [4.78, 5) is 10.5. The Hall–Kier alpha value is -3.30. The Morgan fingerprint density at radius 2 is 1.86 bits per heavy atom. The molecule has 0 aliphatic heterocycles. The molecule has 192 valence electrons. The molecule has 0 radical (unpaired) electrons. The second kappa shape index (κ2) is 15.0. The average molecular weight is 534 g/mol. The molecule has 36 heavy (non-hydrogen) atoms. The van der Waals surface area contributed by atoms with Crippen molar-refractivity contribution < 1.29 is 24.5 Å². The van der Waals surface area contributed by atoms with Crippen LogP contribution < -0.4 is 20.5 Å². The molecule has 0 saturated carbocycles. The molecule has 1 atom stereocenters. The summed E-state index contributed by atoms with van der Waals surface area (Å²) >= 11 is 11.4. The largest absolute Gasteiger partial charge is 0.506 e. The van der Waals surface area contributed by atoms with E-state index in [2.05, 4.69) is 5.32 Å². The molecule has 0 fully saturated rings. The van der Waals surface area contributed by atoms with Crippen LogP contribution in [0.4, 0.5) is 0 Å². The monoisotopic (exact) mass is 533 g/mol. The molecule has 3 aromatic rings. The summed E-state index contributed by atoms with van der Waals surface area (Å²) in [5.74, 6) is 0.669. The zero-order chi connectivity index (χ0) is 26.5. The van der Waals surface area contributed by atoms with E-state index in [-0.39, 0.29) is 29.0 Å². The highest BCUT2D eigenvalue weighted by Gasteiger charge is 2.08. The van der Waals surface area contributed by atoms with Crippen molar-refractivity contribution >= 4 is 35.3 Å². The Morgan fingerprint density at radius 1 is 1.14 bits per heavy atom. The fraction of sp³-hybridized carbons (Fsp3) is 0.231. The van der Waals surface area contributed by atoms with Gasteiger partial charge in [0.15, 0.2) is 0 Å². The maximum absolute atomic E-state index is 10.5. The van der Waals surface area contributed by atoms with Crippen LogP contribution in [0.1, 0.15) is 21.5 Å². The highest BCUT2D eigenvalue weighted by atomic mass is 35.5. The number of hydrogen-bond donors (Lipinski definition) is 5. The normalized spacial score (nSPS) is 11.1. The van der Waals surface area contributed by atoms with Crippen LogP contribution in [0.25, 0.3) is 0 Å². The Bertz CT molecular complexity index is 1140. The first-order valence-corrected chi connectivity index (χ1v) is 11.7. The predicted octanol–water partition coefficient (Wildman–Crippen LogP) is 4.06. The van der Waals surface area contributed by atoms with Gasteiger partial charge in [-0.05, 0) is 54.4 Å². The summed E-state index contributed by atoms with van der Waals surface area (Å²) in [6.45, 7) is 1.11. The number of aliphatic hydroxyl groups is 1. The van der Waals surface area contributed by atoms with Crippen molar-refractivity contribution in [2.45, 2.75) is 12.5 Å². The molecular formula is C26H29Cl2N3O5. The third-order valence-electron chi connectivity index (χ3n) is 5.01. The quantitative estimate of drug-likeness (QED) is 0.186. The molecule has 0 aliphatic rings. The number of nitrogens with one attached hydrogen (secondary N) is 2. The Labute approximate surface area is 220 Å². The van der Waals surface area contributed by atoms with Gasteiger partial charge in [-0.2, -0.15) is 0 Å². The number of ether oxygens (including phenoxy) is 2. The van der Waals surface area contributed by atoms with E-state index in [1.165, 1.54) is 24.4 Å². The van der Waals surface area contributed by atoms with Gasteiger partial charge in [-0.1, -0.05) is 35.3 Å². The van der Waals surface area contributed by atoms with Crippen LogP contribution in [0.3, 0.4) is 0 Å². The third kappa shape index (κ3) is 9.39. The van der Waals surface area contributed by atoms with Gasteiger partial charge in [0.1, 0.15) is 23.9 Å². The fourth-order valence-electron chi connectivity index (χ4n) is 3.10. The van der Waals surface area contributed by atoms with Gasteiger partial charge in [0.05, 0.1) is 18.7 Å². The molecule has 0 bridgehead atoms. The number of amides is 1. The molecule has 6 N–H and O–H groups in total. The van der Waals surface area contributed by atoms with Gasteiger partial charge in [-0.25, -0.2) is 0 Å². The third-order valence-corrected chi connectivity index (χ3v) is 5.57. The second-order valence-electron chi connectivity index (χ2n) is 7.59. The number of aliphatic hydroxyl groups excluding tert-OH is 1. The lowest BCUT2D eigenvalue weighted by Crippen LogP contribution is -2.37. The number of carbonyl (C=O) groups excluding carboxylic acids is 1. The van der Waals surface area contributed by atoms with Gasteiger partial charge in [0, 0.05) is 41.0 Å². The Balaban J connectivity index is 0.000000346. The highest BCUT2D eigenvalue weighted by Crippen LogP contribution is 2.24. The van der Waals surface area contributed by atoms with Crippen LogP contribution in [-0.2, 0) is 6.42 Å². The van der Waals surface area contributed by atoms with Crippen LogP contribution in [0.15, 0.2) is 60.7 Å². The molecule has 8 nitrogen and oxygen atoms in total. The van der Waals surface area contributed by atoms with Crippen LogP contribution in [0.5, 0.6) is 17.2 Å². The van der Waals surface area contributed by atoms with E-state index in [4.69, 9.17) is 48.9 Å². The van der Waals surface area contributed by atoms with Gasteiger partial charge in [0.25, 0.3) is 0 Å². The molecule has 1 amide bonds. The smallest absolute Gasteiger partial charge is 0.248 e. The minimum atomic E-state index is -0.563. The number of hydrogen-bond acceptors (Lipinski definition) is 7. The number of carbonyl (C=O) groups is 1. The van der Waals surface area contributed by atoms with E-state index in [9.17, 15) is 9.90 Å². The van der Waals surface area contributed by atoms with Gasteiger partial charge >= 0.3 is 0 Å². The first-order chi connectivity index (χ1) is 17.3. The number of phenolic OH excluding ortho intramolecular Hbond substituents is 1. The van der Waals surface area contributed by atoms with Crippen molar-refractivity contribution in [2.24, 2.45) is 5.73 Å². The zero-order valence-corrected chi connectivity index (χ0v) is 21.2. The zero-order valence-electron chi connectivity index (χ0n) is 19.7. The number of halogens is 2. The maximum Gasteiger partial charge on any atom is 0.248 e. The number of methoxy groups -OCH3 is 1. The lowest BCUT2D eigenvalue weighted by atomic mass is 10.1. The van der Waals surface area contributed by atoms with Crippen molar-refractivity contribution in [3.63, 3.8) is 0 Å². The summed E-state index contributed by atoms with van der Waals surface area (Å²) in [6, 6.07) is 17.0. The van der Waals surface area contributed by atoms with Crippen molar-refractivity contribution in [1.82, 2.24) is 5.32 Å². The van der Waals surface area contributed by atoms with Crippen LogP contribution in [-0.4, -0.2) is 55.2 Å². The number of phenols is 1. The Kier molecular flexibility index (Phi) is 12.0. The van der Waals surface area contributed by atoms with Gasteiger partial charge in [0.2, 0.25) is 5.91 Å². The van der Waals surface area contributed by atoms with Crippen molar-refractivity contribution in [1.29, 1.82) is 5.41 Å². The molecule has 0 spiro atoms. The summed E-state index contributed by atoms with van der Waals surface area (Å²) < 4.78 is 10.9. The molecule has 0 aliphatic carbocycles. The average Bonchev–Trinajstić information content (AvgIpc) is 2.88. The van der Waals surface area contributed by atoms with Gasteiger partial charge in [-0.15, -0.1) is 0 Å². The number of nitrogens with two attached hydrogens (primary N) is 1. The van der Waals surface area contributed by atoms with Crippen LogP contribution >= 0.6 is 23.2 Å². The second-order valence-corrected chi connectivity index (χ2v) is 8.43. The van der Waals surface area contributed by atoms with Crippen LogP contribution in [0, 0.1) is 5.41 Å². The molecule has 10 heteroatoms. The summed E-state index contributed by atoms with van der Waals surface area (Å²) in [7, 11) is 1.57. The van der Waals surface area contributed by atoms with E-state index in [1.807, 2.05) is 24.3 Å². The van der Waals surface area contributed by atoms with Crippen molar-refractivity contribution in [3.05, 3.63) is 87.4 Å². The SMILES string of the molecule is COc1cc(OCCNC(CO)Cc2ccc(Cl)cc2)ccc1C=N.NC(=O)c1ccc(O)c(Cl)c1. The fourth-order valence-corrected chi connectivity index (χ4v) is 3.41. The number of primary amides is 1.